The molecule has 0 spiro atoms. The molecule has 0 aliphatic heterocycles. The number of amides is 1. The molecule has 26 heavy (non-hydrogen) atoms. The topological polar surface area (TPSA) is 63.9 Å². The quantitative estimate of drug-likeness (QED) is 0.581. The first kappa shape index (κ1) is 18.3. The van der Waals surface area contributed by atoms with Gasteiger partial charge >= 0.3 is 0 Å². The Hall–Kier alpha value is -2.51. The van der Waals surface area contributed by atoms with Gasteiger partial charge < -0.3 is 4.90 Å². The smallest absolute Gasteiger partial charge is 0.246 e. The zero-order valence-electron chi connectivity index (χ0n) is 14.3. The van der Waals surface area contributed by atoms with Gasteiger partial charge in [0.05, 0.1) is 10.9 Å². The molecule has 0 atom stereocenters. The Morgan fingerprint density at radius 2 is 2.15 bits per heavy atom. The molecule has 2 aromatic heterocycles. The molecule has 0 radical (unpaired) electrons. The third-order valence-electron chi connectivity index (χ3n) is 3.79. The summed E-state index contributed by atoms with van der Waals surface area (Å²) in [6.45, 7) is 6.64. The fraction of sp³-hybridized carbons (Fsp3) is 0.222. The van der Waals surface area contributed by atoms with Gasteiger partial charge in [0.15, 0.2) is 0 Å². The van der Waals surface area contributed by atoms with Crippen LogP contribution in [0.1, 0.15) is 10.4 Å². The highest BCUT2D eigenvalue weighted by molar-refractivity contribution is 7.16. The number of hydrogen-bond acceptors (Lipinski definition) is 5. The highest BCUT2D eigenvalue weighted by Crippen LogP contribution is 2.23. The number of carbonyl (C=O) groups is 1. The van der Waals surface area contributed by atoms with Crippen molar-refractivity contribution in [1.29, 1.82) is 0 Å². The van der Waals surface area contributed by atoms with Gasteiger partial charge in [0.2, 0.25) is 11.7 Å². The van der Waals surface area contributed by atoms with Crippen molar-refractivity contribution in [3.8, 4) is 11.4 Å². The summed E-state index contributed by atoms with van der Waals surface area (Å²) >= 11 is 7.42. The highest BCUT2D eigenvalue weighted by Gasteiger charge is 2.17. The lowest BCUT2D eigenvalue weighted by atomic mass is 10.1. The molecule has 8 heteroatoms. The Morgan fingerprint density at radius 1 is 1.35 bits per heavy atom. The number of thiophene rings is 1. The predicted octanol–water partition coefficient (Wildman–Crippen LogP) is 3.58. The van der Waals surface area contributed by atoms with Crippen LogP contribution in [0, 0.1) is 6.92 Å². The van der Waals surface area contributed by atoms with Crippen LogP contribution in [0.25, 0.3) is 11.4 Å². The van der Waals surface area contributed by atoms with Gasteiger partial charge in [-0.15, -0.1) is 28.1 Å². The molecule has 0 aliphatic rings. The number of tetrazole rings is 1. The van der Waals surface area contributed by atoms with E-state index < -0.39 is 0 Å². The maximum atomic E-state index is 12.6. The van der Waals surface area contributed by atoms with Gasteiger partial charge in [-0.3, -0.25) is 4.79 Å². The number of aromatic nitrogens is 4. The third kappa shape index (κ3) is 4.36. The van der Waals surface area contributed by atoms with Gasteiger partial charge in [0, 0.05) is 17.0 Å². The van der Waals surface area contributed by atoms with Crippen LogP contribution in [0.5, 0.6) is 0 Å². The first-order valence-electron chi connectivity index (χ1n) is 8.03. The molecule has 0 aliphatic carbocycles. The van der Waals surface area contributed by atoms with Gasteiger partial charge in [0.25, 0.3) is 0 Å². The van der Waals surface area contributed by atoms with E-state index >= 15 is 0 Å². The van der Waals surface area contributed by atoms with E-state index in [1.165, 1.54) is 16.1 Å². The van der Waals surface area contributed by atoms with Gasteiger partial charge in [-0.2, -0.15) is 4.80 Å². The summed E-state index contributed by atoms with van der Waals surface area (Å²) < 4.78 is 0.701. The number of hydrogen-bond donors (Lipinski definition) is 0. The minimum absolute atomic E-state index is 0.0197. The maximum Gasteiger partial charge on any atom is 0.246 e. The maximum absolute atomic E-state index is 12.6. The first-order valence-corrected chi connectivity index (χ1v) is 9.23. The summed E-state index contributed by atoms with van der Waals surface area (Å²) in [7, 11) is 0. The highest BCUT2D eigenvalue weighted by atomic mass is 35.5. The Balaban J connectivity index is 1.71. The lowest BCUT2D eigenvalue weighted by Crippen LogP contribution is -2.34. The molecule has 1 aromatic carbocycles. The molecular weight excluding hydrogens is 370 g/mol. The zero-order chi connectivity index (χ0) is 18.5. The van der Waals surface area contributed by atoms with E-state index in [9.17, 15) is 4.79 Å². The molecule has 3 aromatic rings. The van der Waals surface area contributed by atoms with Crippen molar-refractivity contribution < 1.29 is 4.79 Å². The molecular formula is C18H18ClN5OS. The summed E-state index contributed by atoms with van der Waals surface area (Å²) in [4.78, 5) is 16.7. The molecule has 134 valence electrons. The van der Waals surface area contributed by atoms with E-state index in [2.05, 4.69) is 22.0 Å². The van der Waals surface area contributed by atoms with Crippen LogP contribution in [0.3, 0.4) is 0 Å². The fourth-order valence-electron chi connectivity index (χ4n) is 2.50. The number of aryl methyl sites for hydroxylation is 1. The lowest BCUT2D eigenvalue weighted by Gasteiger charge is -2.19. The largest absolute Gasteiger partial charge is 0.332 e. The monoisotopic (exact) mass is 387 g/mol. The molecule has 6 nitrogen and oxygen atoms in total. The van der Waals surface area contributed by atoms with E-state index in [-0.39, 0.29) is 12.5 Å². The Kier molecular flexibility index (Phi) is 5.80. The van der Waals surface area contributed by atoms with Crippen molar-refractivity contribution >= 4 is 28.8 Å². The number of halogens is 1. The average molecular weight is 388 g/mol. The summed E-state index contributed by atoms with van der Waals surface area (Å²) in [5, 5.41) is 12.4. The molecule has 0 saturated heterocycles. The minimum Gasteiger partial charge on any atom is -0.332 e. The van der Waals surface area contributed by atoms with Crippen molar-refractivity contribution in [3.63, 3.8) is 0 Å². The number of rotatable bonds is 7. The number of nitrogens with zero attached hydrogens (tertiary/aromatic N) is 5. The zero-order valence-corrected chi connectivity index (χ0v) is 15.9. The summed E-state index contributed by atoms with van der Waals surface area (Å²) in [5.41, 5.74) is 1.96. The van der Waals surface area contributed by atoms with Crippen LogP contribution < -0.4 is 0 Å². The van der Waals surface area contributed by atoms with E-state index in [0.717, 1.165) is 16.0 Å². The van der Waals surface area contributed by atoms with Gasteiger partial charge in [-0.05, 0) is 29.8 Å². The molecule has 0 unspecified atom stereocenters. The van der Waals surface area contributed by atoms with Crippen molar-refractivity contribution in [2.24, 2.45) is 0 Å². The van der Waals surface area contributed by atoms with Crippen molar-refractivity contribution in [1.82, 2.24) is 25.1 Å². The molecule has 0 fully saturated rings. The number of carbonyl (C=O) groups excluding carboxylic acids is 1. The van der Waals surface area contributed by atoms with Crippen molar-refractivity contribution in [2.45, 2.75) is 20.0 Å². The second-order valence-electron chi connectivity index (χ2n) is 5.73. The van der Waals surface area contributed by atoms with Gasteiger partial charge in [-0.1, -0.05) is 41.9 Å². The number of benzene rings is 1. The van der Waals surface area contributed by atoms with Crippen LogP contribution in [-0.4, -0.2) is 37.6 Å². The second kappa shape index (κ2) is 8.25. The summed E-state index contributed by atoms with van der Waals surface area (Å²) in [6.07, 6.45) is 1.70. The standard InChI is InChI=1S/C18H18ClN5OS/c1-3-10-23(11-14-8-9-16(19)26-14)17(25)12-24-21-18(20-22-24)15-7-5-4-6-13(15)2/h3-9H,1,10-12H2,2H3. The van der Waals surface area contributed by atoms with E-state index in [0.29, 0.717) is 23.3 Å². The van der Waals surface area contributed by atoms with Crippen LogP contribution in [0.4, 0.5) is 0 Å². The van der Waals surface area contributed by atoms with Gasteiger partial charge in [-0.25, -0.2) is 0 Å². The summed E-state index contributed by atoms with van der Waals surface area (Å²) in [6, 6.07) is 11.5. The van der Waals surface area contributed by atoms with Crippen LogP contribution in [0.2, 0.25) is 4.34 Å². The molecule has 0 saturated carbocycles. The minimum atomic E-state index is -0.108. The Labute approximate surface area is 160 Å². The van der Waals surface area contributed by atoms with Crippen LogP contribution in [0.15, 0.2) is 49.1 Å². The normalized spacial score (nSPS) is 10.7. The fourth-order valence-corrected chi connectivity index (χ4v) is 3.60. The van der Waals surface area contributed by atoms with E-state index in [4.69, 9.17) is 11.6 Å². The van der Waals surface area contributed by atoms with Crippen molar-refractivity contribution in [2.75, 3.05) is 6.54 Å². The Morgan fingerprint density at radius 3 is 2.85 bits per heavy atom. The molecule has 2 heterocycles. The molecule has 0 bridgehead atoms. The van der Waals surface area contributed by atoms with E-state index in [1.807, 2.05) is 43.3 Å². The lowest BCUT2D eigenvalue weighted by molar-refractivity contribution is -0.132. The van der Waals surface area contributed by atoms with Gasteiger partial charge in [0.1, 0.15) is 6.54 Å². The van der Waals surface area contributed by atoms with Crippen molar-refractivity contribution in [3.05, 3.63) is 63.8 Å². The Bertz CT molecular complexity index is 920. The molecule has 0 N–H and O–H groups in total. The SMILES string of the molecule is C=CCN(Cc1ccc(Cl)s1)C(=O)Cn1nnc(-c2ccccc2C)n1. The van der Waals surface area contributed by atoms with Crippen LogP contribution in [-0.2, 0) is 17.9 Å². The molecule has 3 rings (SSSR count). The average Bonchev–Trinajstić information content (AvgIpc) is 3.24. The third-order valence-corrected chi connectivity index (χ3v) is 5.01. The van der Waals surface area contributed by atoms with E-state index in [1.54, 1.807) is 11.0 Å². The predicted molar refractivity (Wildman–Crippen MR) is 103 cm³/mol. The summed E-state index contributed by atoms with van der Waals surface area (Å²) in [5.74, 6) is 0.402. The molecule has 1 amide bonds. The van der Waals surface area contributed by atoms with Crippen LogP contribution >= 0.6 is 22.9 Å². The second-order valence-corrected chi connectivity index (χ2v) is 7.53. The first-order chi connectivity index (χ1) is 12.6.